The first kappa shape index (κ1) is 21.5. The highest BCUT2D eigenvalue weighted by Gasteiger charge is 2.16. The number of carboxylic acid groups (broad SMARTS) is 1. The van der Waals surface area contributed by atoms with E-state index in [0.29, 0.717) is 22.3 Å². The number of carbonyl (C=O) groups is 1. The van der Waals surface area contributed by atoms with Gasteiger partial charge in [0.05, 0.1) is 21.6 Å². The zero-order chi connectivity index (χ0) is 22.9. The van der Waals surface area contributed by atoms with Gasteiger partial charge in [-0.25, -0.2) is 4.79 Å². The van der Waals surface area contributed by atoms with Crippen molar-refractivity contribution < 1.29 is 14.6 Å². The first-order valence-corrected chi connectivity index (χ1v) is 11.7. The minimum Gasteiger partial charge on any atom is -0.478 e. The fourth-order valence-corrected chi connectivity index (χ4v) is 4.93. The Morgan fingerprint density at radius 2 is 1.82 bits per heavy atom. The number of aromatic amines is 1. The lowest BCUT2D eigenvalue weighted by molar-refractivity contribution is 0.0695. The molecule has 1 fully saturated rings. The Bertz CT molecular complexity index is 1320. The lowest BCUT2D eigenvalue weighted by Crippen LogP contribution is -2.04. The number of benzene rings is 3. The molecular weight excluding hydrogens is 436 g/mol. The van der Waals surface area contributed by atoms with Crippen LogP contribution in [0.2, 0.25) is 5.02 Å². The van der Waals surface area contributed by atoms with Gasteiger partial charge in [-0.15, -0.1) is 0 Å². The largest absolute Gasteiger partial charge is 0.478 e. The molecule has 0 amide bonds. The molecular formula is C27H25ClN2O3. The molecule has 1 aliphatic rings. The highest BCUT2D eigenvalue weighted by atomic mass is 35.5. The van der Waals surface area contributed by atoms with Gasteiger partial charge in [0.25, 0.3) is 6.01 Å². The smallest absolute Gasteiger partial charge is 0.336 e. The van der Waals surface area contributed by atoms with E-state index >= 15 is 0 Å². The molecule has 0 radical (unpaired) electrons. The molecule has 168 valence electrons. The predicted molar refractivity (Wildman–Crippen MR) is 131 cm³/mol. The quantitative estimate of drug-likeness (QED) is 0.319. The number of aryl methyl sites for hydroxylation is 1. The fraction of sp³-hybridized carbons (Fsp3) is 0.259. The van der Waals surface area contributed by atoms with E-state index in [9.17, 15) is 9.90 Å². The van der Waals surface area contributed by atoms with Crippen LogP contribution in [-0.2, 0) is 0 Å². The molecule has 0 unspecified atom stereocenters. The molecule has 0 aliphatic heterocycles. The van der Waals surface area contributed by atoms with E-state index in [1.807, 2.05) is 12.1 Å². The lowest BCUT2D eigenvalue weighted by Gasteiger charge is -2.22. The number of carboxylic acids is 1. The SMILES string of the molecule is Cc1ccc(Oc2nc3cc(-c4ccc(C5CCCCC5)cc4)c(Cl)cc3[nH]2)cc1C(=O)O. The van der Waals surface area contributed by atoms with Gasteiger partial charge in [0.15, 0.2) is 0 Å². The topological polar surface area (TPSA) is 75.2 Å². The van der Waals surface area contributed by atoms with Crippen molar-refractivity contribution in [1.29, 1.82) is 0 Å². The number of rotatable bonds is 5. The van der Waals surface area contributed by atoms with Gasteiger partial charge < -0.3 is 14.8 Å². The number of imidazole rings is 1. The van der Waals surface area contributed by atoms with Crippen molar-refractivity contribution in [3.8, 4) is 22.9 Å². The summed E-state index contributed by atoms with van der Waals surface area (Å²) in [6.45, 7) is 1.75. The maximum atomic E-state index is 11.4. The number of halogens is 1. The molecule has 2 N–H and O–H groups in total. The third-order valence-electron chi connectivity index (χ3n) is 6.50. The van der Waals surface area contributed by atoms with Crippen LogP contribution in [0.15, 0.2) is 54.6 Å². The van der Waals surface area contributed by atoms with Crippen LogP contribution >= 0.6 is 11.6 Å². The van der Waals surface area contributed by atoms with Crippen molar-refractivity contribution in [2.24, 2.45) is 0 Å². The average molecular weight is 461 g/mol. The van der Waals surface area contributed by atoms with E-state index in [4.69, 9.17) is 16.3 Å². The van der Waals surface area contributed by atoms with Gasteiger partial charge in [-0.3, -0.25) is 0 Å². The van der Waals surface area contributed by atoms with E-state index in [0.717, 1.165) is 22.2 Å². The van der Waals surface area contributed by atoms with Gasteiger partial charge in [-0.05, 0) is 66.6 Å². The molecule has 1 saturated carbocycles. The summed E-state index contributed by atoms with van der Waals surface area (Å²) in [5, 5.41) is 9.97. The summed E-state index contributed by atoms with van der Waals surface area (Å²) in [7, 11) is 0. The number of H-pyrrole nitrogens is 1. The van der Waals surface area contributed by atoms with Crippen LogP contribution in [-0.4, -0.2) is 21.0 Å². The van der Waals surface area contributed by atoms with E-state index in [2.05, 4.69) is 34.2 Å². The second-order valence-corrected chi connectivity index (χ2v) is 9.14. The number of nitrogens with zero attached hydrogens (tertiary/aromatic N) is 1. The van der Waals surface area contributed by atoms with Crippen LogP contribution in [0, 0.1) is 6.92 Å². The maximum Gasteiger partial charge on any atom is 0.336 e. The zero-order valence-electron chi connectivity index (χ0n) is 18.4. The van der Waals surface area contributed by atoms with Crippen molar-refractivity contribution in [1.82, 2.24) is 9.97 Å². The van der Waals surface area contributed by atoms with Crippen molar-refractivity contribution in [2.45, 2.75) is 44.9 Å². The Morgan fingerprint density at radius 1 is 1.06 bits per heavy atom. The van der Waals surface area contributed by atoms with Gasteiger partial charge >= 0.3 is 5.97 Å². The summed E-state index contributed by atoms with van der Waals surface area (Å²) in [5.41, 5.74) is 5.73. The first-order valence-electron chi connectivity index (χ1n) is 11.3. The number of hydrogen-bond donors (Lipinski definition) is 2. The Balaban J connectivity index is 1.41. The average Bonchev–Trinajstić information content (AvgIpc) is 3.21. The van der Waals surface area contributed by atoms with Crippen LogP contribution in [0.1, 0.15) is 59.5 Å². The molecule has 33 heavy (non-hydrogen) atoms. The number of aromatic carboxylic acids is 1. The van der Waals surface area contributed by atoms with Gasteiger partial charge in [0.2, 0.25) is 0 Å². The third-order valence-corrected chi connectivity index (χ3v) is 6.81. The number of ether oxygens (including phenoxy) is 1. The molecule has 1 aliphatic carbocycles. The molecule has 5 nitrogen and oxygen atoms in total. The number of fused-ring (bicyclic) bond motifs is 1. The lowest BCUT2D eigenvalue weighted by atomic mass is 9.84. The maximum absolute atomic E-state index is 11.4. The zero-order valence-corrected chi connectivity index (χ0v) is 19.2. The van der Waals surface area contributed by atoms with E-state index in [1.165, 1.54) is 43.7 Å². The standard InChI is InChI=1S/C27H25ClN2O3/c1-16-7-12-20(13-21(16)26(31)32)33-27-29-24-14-22(23(28)15-25(24)30-27)19-10-8-18(9-11-19)17-5-3-2-4-6-17/h7-15,17H,2-6H2,1H3,(H,29,30)(H,31,32). The normalized spacial score (nSPS) is 14.5. The molecule has 5 rings (SSSR count). The Kier molecular flexibility index (Phi) is 5.81. The molecule has 6 heteroatoms. The summed E-state index contributed by atoms with van der Waals surface area (Å²) >= 11 is 6.61. The molecule has 0 bridgehead atoms. The molecule has 0 spiro atoms. The van der Waals surface area contributed by atoms with Crippen LogP contribution < -0.4 is 4.74 Å². The minimum absolute atomic E-state index is 0.200. The van der Waals surface area contributed by atoms with Crippen molar-refractivity contribution >= 4 is 28.6 Å². The predicted octanol–water partition coefficient (Wildman–Crippen LogP) is 7.73. The molecule has 0 saturated heterocycles. The highest BCUT2D eigenvalue weighted by molar-refractivity contribution is 6.34. The van der Waals surface area contributed by atoms with Crippen molar-refractivity contribution in [3.05, 3.63) is 76.3 Å². The molecule has 0 atom stereocenters. The van der Waals surface area contributed by atoms with Gasteiger partial charge in [0, 0.05) is 5.56 Å². The van der Waals surface area contributed by atoms with Crippen molar-refractivity contribution in [3.63, 3.8) is 0 Å². The van der Waals surface area contributed by atoms with Gasteiger partial charge in [-0.2, -0.15) is 4.98 Å². The van der Waals surface area contributed by atoms with Gasteiger partial charge in [-0.1, -0.05) is 61.2 Å². The molecule has 4 aromatic rings. The van der Waals surface area contributed by atoms with Crippen molar-refractivity contribution in [2.75, 3.05) is 0 Å². The number of hydrogen-bond acceptors (Lipinski definition) is 3. The fourth-order valence-electron chi connectivity index (χ4n) is 4.65. The number of nitrogens with one attached hydrogen (secondary N) is 1. The summed E-state index contributed by atoms with van der Waals surface area (Å²) < 4.78 is 5.80. The molecule has 1 aromatic heterocycles. The van der Waals surface area contributed by atoms with Crippen LogP contribution in [0.5, 0.6) is 11.8 Å². The first-order chi connectivity index (χ1) is 16.0. The Labute approximate surface area is 197 Å². The number of aromatic nitrogens is 2. The highest BCUT2D eigenvalue weighted by Crippen LogP contribution is 2.36. The van der Waals surface area contributed by atoms with E-state index in [1.54, 1.807) is 19.1 Å². The summed E-state index contributed by atoms with van der Waals surface area (Å²) in [6.07, 6.45) is 6.54. The Morgan fingerprint density at radius 3 is 2.55 bits per heavy atom. The minimum atomic E-state index is -0.992. The molecule has 1 heterocycles. The van der Waals surface area contributed by atoms with Crippen LogP contribution in [0.4, 0.5) is 0 Å². The van der Waals surface area contributed by atoms with E-state index < -0.39 is 5.97 Å². The monoisotopic (exact) mass is 460 g/mol. The molecule has 3 aromatic carbocycles. The van der Waals surface area contributed by atoms with Crippen LogP contribution in [0.25, 0.3) is 22.2 Å². The van der Waals surface area contributed by atoms with Crippen LogP contribution in [0.3, 0.4) is 0 Å². The summed E-state index contributed by atoms with van der Waals surface area (Å²) in [6, 6.07) is 17.7. The second-order valence-electron chi connectivity index (χ2n) is 8.73. The summed E-state index contributed by atoms with van der Waals surface area (Å²) in [4.78, 5) is 19.0. The second kappa shape index (κ2) is 8.91. The van der Waals surface area contributed by atoms with Gasteiger partial charge in [0.1, 0.15) is 5.75 Å². The summed E-state index contributed by atoms with van der Waals surface area (Å²) in [5.74, 6) is 0.0791. The third kappa shape index (κ3) is 4.46. The van der Waals surface area contributed by atoms with E-state index in [-0.39, 0.29) is 11.6 Å². The Hall–Kier alpha value is -3.31.